The molecule has 3 rings (SSSR count). The summed E-state index contributed by atoms with van der Waals surface area (Å²) in [5.41, 5.74) is 0.684. The number of nitrogens with one attached hydrogen (secondary N) is 2. The Morgan fingerprint density at radius 3 is 2.70 bits per heavy atom. The SMILES string of the molecule is CCC(CCNC(=NC)NCC1(c2ccccc2F)CC1)N1CCCC1=O. The molecule has 1 aromatic carbocycles. The third-order valence-corrected chi connectivity index (χ3v) is 5.91. The Morgan fingerprint density at radius 2 is 2.11 bits per heavy atom. The Bertz CT molecular complexity index is 687. The number of rotatable bonds is 8. The quantitative estimate of drug-likeness (QED) is 0.543. The molecule has 1 atom stereocenters. The molecule has 1 saturated carbocycles. The van der Waals surface area contributed by atoms with Gasteiger partial charge in [-0.2, -0.15) is 0 Å². The van der Waals surface area contributed by atoms with E-state index in [0.29, 0.717) is 19.0 Å². The first-order valence-electron chi connectivity index (χ1n) is 10.1. The summed E-state index contributed by atoms with van der Waals surface area (Å²) in [6, 6.07) is 7.35. The summed E-state index contributed by atoms with van der Waals surface area (Å²) < 4.78 is 14.1. The highest BCUT2D eigenvalue weighted by molar-refractivity contribution is 5.80. The van der Waals surface area contributed by atoms with Crippen LogP contribution < -0.4 is 10.6 Å². The van der Waals surface area contributed by atoms with Crippen molar-refractivity contribution in [2.45, 2.75) is 56.9 Å². The van der Waals surface area contributed by atoms with Crippen LogP contribution in [0.3, 0.4) is 0 Å². The highest BCUT2D eigenvalue weighted by atomic mass is 19.1. The zero-order chi connectivity index (χ0) is 19.3. The Kier molecular flexibility index (Phi) is 6.34. The van der Waals surface area contributed by atoms with Gasteiger partial charge >= 0.3 is 0 Å². The molecule has 1 aromatic rings. The van der Waals surface area contributed by atoms with Crippen molar-refractivity contribution in [1.82, 2.24) is 15.5 Å². The molecule has 1 unspecified atom stereocenters. The Balaban J connectivity index is 1.47. The van der Waals surface area contributed by atoms with Gasteiger partial charge in [0.1, 0.15) is 5.82 Å². The lowest BCUT2D eigenvalue weighted by Crippen LogP contribution is -2.44. The van der Waals surface area contributed by atoms with E-state index in [1.54, 1.807) is 13.1 Å². The van der Waals surface area contributed by atoms with Crippen molar-refractivity contribution in [3.63, 3.8) is 0 Å². The summed E-state index contributed by atoms with van der Waals surface area (Å²) in [6.07, 6.45) is 5.52. The van der Waals surface area contributed by atoms with Crippen LogP contribution in [0, 0.1) is 5.82 Å². The number of likely N-dealkylation sites (tertiary alicyclic amines) is 1. The maximum Gasteiger partial charge on any atom is 0.222 e. The lowest BCUT2D eigenvalue weighted by molar-refractivity contribution is -0.129. The smallest absolute Gasteiger partial charge is 0.222 e. The fourth-order valence-corrected chi connectivity index (χ4v) is 4.05. The fourth-order valence-electron chi connectivity index (χ4n) is 4.05. The highest BCUT2D eigenvalue weighted by Gasteiger charge is 2.45. The molecule has 0 radical (unpaired) electrons. The minimum Gasteiger partial charge on any atom is -0.356 e. The Morgan fingerprint density at radius 1 is 1.33 bits per heavy atom. The van der Waals surface area contributed by atoms with E-state index in [0.717, 1.165) is 56.7 Å². The third-order valence-electron chi connectivity index (χ3n) is 5.91. The van der Waals surface area contributed by atoms with E-state index < -0.39 is 0 Å². The number of aliphatic imine (C=N–C) groups is 1. The minimum absolute atomic E-state index is 0.114. The molecular weight excluding hydrogens is 343 g/mol. The molecule has 5 nitrogen and oxygen atoms in total. The van der Waals surface area contributed by atoms with Crippen molar-refractivity contribution >= 4 is 11.9 Å². The first-order chi connectivity index (χ1) is 13.1. The number of amides is 1. The summed E-state index contributed by atoms with van der Waals surface area (Å²) >= 11 is 0. The van der Waals surface area contributed by atoms with Crippen molar-refractivity contribution in [2.75, 3.05) is 26.7 Å². The molecule has 2 aliphatic rings. The Labute approximate surface area is 161 Å². The van der Waals surface area contributed by atoms with Crippen LogP contribution in [-0.2, 0) is 10.2 Å². The van der Waals surface area contributed by atoms with Crippen molar-refractivity contribution in [2.24, 2.45) is 4.99 Å². The number of nitrogens with zero attached hydrogens (tertiary/aromatic N) is 2. The van der Waals surface area contributed by atoms with Crippen LogP contribution >= 0.6 is 0 Å². The van der Waals surface area contributed by atoms with Crippen LogP contribution in [0.4, 0.5) is 4.39 Å². The lowest BCUT2D eigenvalue weighted by atomic mass is 9.95. The van der Waals surface area contributed by atoms with Crippen molar-refractivity contribution in [1.29, 1.82) is 0 Å². The van der Waals surface area contributed by atoms with Gasteiger partial charge in [-0.25, -0.2) is 4.39 Å². The molecule has 2 fully saturated rings. The monoisotopic (exact) mass is 374 g/mol. The molecule has 6 heteroatoms. The van der Waals surface area contributed by atoms with Crippen molar-refractivity contribution in [3.8, 4) is 0 Å². The molecule has 0 bridgehead atoms. The van der Waals surface area contributed by atoms with E-state index in [2.05, 4.69) is 22.5 Å². The van der Waals surface area contributed by atoms with E-state index in [4.69, 9.17) is 0 Å². The normalized spacial score (nSPS) is 19.9. The number of hydrogen-bond acceptors (Lipinski definition) is 2. The predicted octanol–water partition coefficient (Wildman–Crippen LogP) is 2.81. The maximum absolute atomic E-state index is 14.1. The van der Waals surface area contributed by atoms with Crippen LogP contribution in [0.5, 0.6) is 0 Å². The Hall–Kier alpha value is -2.11. The molecular formula is C21H31FN4O. The van der Waals surface area contributed by atoms with Crippen molar-refractivity contribution in [3.05, 3.63) is 35.6 Å². The molecule has 1 amide bonds. The van der Waals surface area contributed by atoms with E-state index in [9.17, 15) is 9.18 Å². The van der Waals surface area contributed by atoms with Gasteiger partial charge in [0.25, 0.3) is 0 Å². The summed E-state index contributed by atoms with van der Waals surface area (Å²) in [4.78, 5) is 18.3. The van der Waals surface area contributed by atoms with Gasteiger partial charge in [-0.3, -0.25) is 9.79 Å². The molecule has 2 N–H and O–H groups in total. The molecule has 1 heterocycles. The number of halogens is 1. The number of hydrogen-bond donors (Lipinski definition) is 2. The summed E-state index contributed by atoms with van der Waals surface area (Å²) in [7, 11) is 1.75. The van der Waals surface area contributed by atoms with Gasteiger partial charge in [-0.15, -0.1) is 0 Å². The average molecular weight is 375 g/mol. The largest absolute Gasteiger partial charge is 0.356 e. The molecule has 1 saturated heterocycles. The van der Waals surface area contributed by atoms with Gasteiger partial charge < -0.3 is 15.5 Å². The van der Waals surface area contributed by atoms with Gasteiger partial charge in [0.05, 0.1) is 0 Å². The van der Waals surface area contributed by atoms with E-state index in [-0.39, 0.29) is 17.1 Å². The summed E-state index contributed by atoms with van der Waals surface area (Å²) in [5.74, 6) is 0.894. The molecule has 0 spiro atoms. The second kappa shape index (κ2) is 8.72. The van der Waals surface area contributed by atoms with Gasteiger partial charge in [0.15, 0.2) is 5.96 Å². The number of guanidine groups is 1. The van der Waals surface area contributed by atoms with Crippen LogP contribution in [-0.4, -0.2) is 49.5 Å². The number of benzene rings is 1. The second-order valence-corrected chi connectivity index (χ2v) is 7.65. The van der Waals surface area contributed by atoms with Gasteiger partial charge in [-0.1, -0.05) is 25.1 Å². The minimum atomic E-state index is -0.124. The number of carbonyl (C=O) groups is 1. The van der Waals surface area contributed by atoms with Gasteiger partial charge in [0.2, 0.25) is 5.91 Å². The number of carbonyl (C=O) groups excluding carboxylic acids is 1. The average Bonchev–Trinajstić information content (AvgIpc) is 3.35. The van der Waals surface area contributed by atoms with Gasteiger partial charge in [-0.05, 0) is 43.7 Å². The standard InChI is InChI=1S/C21H31FN4O/c1-3-16(26-14-6-9-19(26)27)10-13-24-20(23-2)25-15-21(11-12-21)17-7-4-5-8-18(17)22/h4-5,7-8,16H,3,6,9-15H2,1-2H3,(H2,23,24,25). The van der Waals surface area contributed by atoms with Crippen LogP contribution in [0.1, 0.15) is 51.0 Å². The topological polar surface area (TPSA) is 56.7 Å². The van der Waals surface area contributed by atoms with Crippen LogP contribution in [0.2, 0.25) is 0 Å². The molecule has 0 aromatic heterocycles. The molecule has 1 aliphatic heterocycles. The molecule has 27 heavy (non-hydrogen) atoms. The zero-order valence-electron chi connectivity index (χ0n) is 16.4. The van der Waals surface area contributed by atoms with Gasteiger partial charge in [0, 0.05) is 44.6 Å². The van der Waals surface area contributed by atoms with E-state index in [1.165, 1.54) is 6.07 Å². The summed E-state index contributed by atoms with van der Waals surface area (Å²) in [6.45, 7) is 4.45. The predicted molar refractivity (Wildman–Crippen MR) is 106 cm³/mol. The lowest BCUT2D eigenvalue weighted by Gasteiger charge is -2.27. The molecule has 1 aliphatic carbocycles. The first kappa shape index (κ1) is 19.6. The van der Waals surface area contributed by atoms with E-state index >= 15 is 0 Å². The maximum atomic E-state index is 14.1. The first-order valence-corrected chi connectivity index (χ1v) is 10.1. The van der Waals surface area contributed by atoms with E-state index in [1.807, 2.05) is 17.0 Å². The summed E-state index contributed by atoms with van der Waals surface area (Å²) in [5, 5.41) is 6.71. The highest BCUT2D eigenvalue weighted by Crippen LogP contribution is 2.48. The zero-order valence-corrected chi connectivity index (χ0v) is 16.4. The van der Waals surface area contributed by atoms with Crippen LogP contribution in [0.15, 0.2) is 29.3 Å². The van der Waals surface area contributed by atoms with Crippen molar-refractivity contribution < 1.29 is 9.18 Å². The molecule has 148 valence electrons. The fraction of sp³-hybridized carbons (Fsp3) is 0.619. The second-order valence-electron chi connectivity index (χ2n) is 7.65. The van der Waals surface area contributed by atoms with Crippen LogP contribution in [0.25, 0.3) is 0 Å². The third kappa shape index (κ3) is 4.60.